The second-order valence-corrected chi connectivity index (χ2v) is 5.55. The Morgan fingerprint density at radius 3 is 2.37 bits per heavy atom. The second kappa shape index (κ2) is 10.1. The fourth-order valence-corrected chi connectivity index (χ4v) is 1.77. The molecule has 0 heterocycles. The van der Waals surface area contributed by atoms with Gasteiger partial charge in [-0.3, -0.25) is 0 Å². The van der Waals surface area contributed by atoms with Crippen LogP contribution in [0.15, 0.2) is 24.6 Å². The molecule has 0 amide bonds. The summed E-state index contributed by atoms with van der Waals surface area (Å²) >= 11 is 0. The summed E-state index contributed by atoms with van der Waals surface area (Å²) in [6, 6.07) is 0. The highest BCUT2D eigenvalue weighted by Gasteiger charge is 2.21. The SMILES string of the molecule is C=CCC(F)C(C)C(C)COCC(C)C/C=C(\C)F. The molecule has 0 spiro atoms. The monoisotopic (exact) mass is 274 g/mol. The highest BCUT2D eigenvalue weighted by atomic mass is 19.1. The van der Waals surface area contributed by atoms with Crippen LogP contribution < -0.4 is 0 Å². The Labute approximate surface area is 116 Å². The van der Waals surface area contributed by atoms with Gasteiger partial charge in [-0.1, -0.05) is 32.9 Å². The zero-order valence-electron chi connectivity index (χ0n) is 12.7. The number of alkyl halides is 1. The van der Waals surface area contributed by atoms with Crippen molar-refractivity contribution in [1.29, 1.82) is 0 Å². The molecule has 19 heavy (non-hydrogen) atoms. The van der Waals surface area contributed by atoms with E-state index >= 15 is 0 Å². The van der Waals surface area contributed by atoms with Crippen molar-refractivity contribution in [2.75, 3.05) is 13.2 Å². The van der Waals surface area contributed by atoms with E-state index in [4.69, 9.17) is 4.74 Å². The molecule has 4 atom stereocenters. The normalized spacial score (nSPS) is 18.7. The van der Waals surface area contributed by atoms with Crippen LogP contribution >= 0.6 is 0 Å². The van der Waals surface area contributed by atoms with E-state index in [2.05, 4.69) is 6.58 Å². The van der Waals surface area contributed by atoms with Crippen molar-refractivity contribution in [2.45, 2.75) is 46.7 Å². The summed E-state index contributed by atoms with van der Waals surface area (Å²) in [5, 5.41) is 0. The first-order chi connectivity index (χ1) is 8.88. The maximum Gasteiger partial charge on any atom is 0.106 e. The third kappa shape index (κ3) is 8.93. The molecule has 0 saturated carbocycles. The van der Waals surface area contributed by atoms with E-state index in [-0.39, 0.29) is 23.6 Å². The topological polar surface area (TPSA) is 9.23 Å². The number of hydrogen-bond acceptors (Lipinski definition) is 1. The lowest BCUT2D eigenvalue weighted by molar-refractivity contribution is 0.0491. The van der Waals surface area contributed by atoms with Crippen LogP contribution in [0.1, 0.15) is 40.5 Å². The van der Waals surface area contributed by atoms with E-state index in [9.17, 15) is 8.78 Å². The van der Waals surface area contributed by atoms with Gasteiger partial charge in [0.1, 0.15) is 6.17 Å². The molecule has 0 aromatic heterocycles. The number of hydrogen-bond donors (Lipinski definition) is 0. The Bertz CT molecular complexity index is 272. The molecule has 0 aliphatic rings. The Kier molecular flexibility index (Phi) is 9.76. The zero-order chi connectivity index (χ0) is 14.8. The van der Waals surface area contributed by atoms with Crippen molar-refractivity contribution >= 4 is 0 Å². The standard InChI is InChI=1S/C16H28F2O/c1-6-7-16(18)15(5)13(3)11-19-10-12(2)8-9-14(4)17/h6,9,12-13,15-16H,1,7-8,10-11H2,2-5H3/b14-9+. The van der Waals surface area contributed by atoms with Crippen molar-refractivity contribution in [2.24, 2.45) is 17.8 Å². The van der Waals surface area contributed by atoms with Gasteiger partial charge in [0.2, 0.25) is 0 Å². The highest BCUT2D eigenvalue weighted by Crippen LogP contribution is 2.21. The van der Waals surface area contributed by atoms with Gasteiger partial charge in [-0.05, 0) is 37.5 Å². The summed E-state index contributed by atoms with van der Waals surface area (Å²) < 4.78 is 31.8. The molecule has 0 rings (SSSR count). The molecule has 0 aromatic carbocycles. The first-order valence-electron chi connectivity index (χ1n) is 7.03. The van der Waals surface area contributed by atoms with E-state index in [1.165, 1.54) is 6.92 Å². The van der Waals surface area contributed by atoms with E-state index < -0.39 is 6.17 Å². The van der Waals surface area contributed by atoms with Gasteiger partial charge in [-0.25, -0.2) is 8.78 Å². The van der Waals surface area contributed by atoms with Crippen molar-refractivity contribution in [1.82, 2.24) is 0 Å². The van der Waals surface area contributed by atoms with Gasteiger partial charge >= 0.3 is 0 Å². The average molecular weight is 274 g/mol. The molecule has 4 unspecified atom stereocenters. The van der Waals surface area contributed by atoms with Gasteiger partial charge in [-0.2, -0.15) is 0 Å². The Balaban J connectivity index is 3.87. The minimum atomic E-state index is -0.856. The summed E-state index contributed by atoms with van der Waals surface area (Å²) in [6.07, 6.45) is 3.40. The van der Waals surface area contributed by atoms with Gasteiger partial charge in [0.25, 0.3) is 0 Å². The minimum absolute atomic E-state index is 0.0405. The average Bonchev–Trinajstić information content (AvgIpc) is 2.35. The summed E-state index contributed by atoms with van der Waals surface area (Å²) in [7, 11) is 0. The van der Waals surface area contributed by atoms with Crippen molar-refractivity contribution in [3.8, 4) is 0 Å². The van der Waals surface area contributed by atoms with Crippen LogP contribution in [-0.4, -0.2) is 19.4 Å². The summed E-state index contributed by atoms with van der Waals surface area (Å²) in [4.78, 5) is 0. The van der Waals surface area contributed by atoms with E-state index in [1.807, 2.05) is 20.8 Å². The molecule has 3 heteroatoms. The molecule has 0 fully saturated rings. The van der Waals surface area contributed by atoms with Gasteiger partial charge < -0.3 is 4.74 Å². The van der Waals surface area contributed by atoms with Crippen molar-refractivity contribution in [3.05, 3.63) is 24.6 Å². The largest absolute Gasteiger partial charge is 0.381 e. The summed E-state index contributed by atoms with van der Waals surface area (Å²) in [6.45, 7) is 12.0. The molecule has 1 nitrogen and oxygen atoms in total. The van der Waals surface area contributed by atoms with Gasteiger partial charge in [0.05, 0.1) is 5.83 Å². The first-order valence-corrected chi connectivity index (χ1v) is 7.03. The number of allylic oxidation sites excluding steroid dienone is 3. The Morgan fingerprint density at radius 2 is 1.84 bits per heavy atom. The third-order valence-corrected chi connectivity index (χ3v) is 3.44. The minimum Gasteiger partial charge on any atom is -0.381 e. The summed E-state index contributed by atoms with van der Waals surface area (Å²) in [5.74, 6) is 0.253. The van der Waals surface area contributed by atoms with Crippen LogP contribution in [0.4, 0.5) is 8.78 Å². The molecule has 112 valence electrons. The van der Waals surface area contributed by atoms with Crippen LogP contribution in [0.2, 0.25) is 0 Å². The third-order valence-electron chi connectivity index (χ3n) is 3.44. The van der Waals surface area contributed by atoms with Crippen LogP contribution in [0.5, 0.6) is 0 Å². The van der Waals surface area contributed by atoms with E-state index in [0.717, 1.165) is 0 Å². The van der Waals surface area contributed by atoms with Gasteiger partial charge in [-0.15, -0.1) is 6.58 Å². The summed E-state index contributed by atoms with van der Waals surface area (Å²) in [5.41, 5.74) is 0. The van der Waals surface area contributed by atoms with E-state index in [1.54, 1.807) is 12.2 Å². The lowest BCUT2D eigenvalue weighted by Crippen LogP contribution is -2.24. The molecule has 0 saturated heterocycles. The predicted octanol–water partition coefficient (Wildman–Crippen LogP) is 5.09. The Hall–Kier alpha value is -0.700. The van der Waals surface area contributed by atoms with Gasteiger partial charge in [0, 0.05) is 13.2 Å². The first kappa shape index (κ1) is 18.3. The number of ether oxygens (including phenoxy) is 1. The number of halogens is 2. The maximum atomic E-state index is 13.7. The van der Waals surface area contributed by atoms with Crippen molar-refractivity contribution < 1.29 is 13.5 Å². The lowest BCUT2D eigenvalue weighted by Gasteiger charge is -2.23. The quantitative estimate of drug-likeness (QED) is 0.504. The number of rotatable bonds is 10. The molecule has 0 bridgehead atoms. The van der Waals surface area contributed by atoms with Crippen LogP contribution in [-0.2, 0) is 4.74 Å². The smallest absolute Gasteiger partial charge is 0.106 e. The molecule has 0 aliphatic carbocycles. The molecule has 0 radical (unpaired) electrons. The molecular formula is C16H28F2O. The zero-order valence-corrected chi connectivity index (χ0v) is 12.7. The van der Waals surface area contributed by atoms with Crippen LogP contribution in [0.25, 0.3) is 0 Å². The molecule has 0 aliphatic heterocycles. The van der Waals surface area contributed by atoms with E-state index in [0.29, 0.717) is 26.1 Å². The lowest BCUT2D eigenvalue weighted by atomic mass is 9.90. The molecular weight excluding hydrogens is 246 g/mol. The molecule has 0 aromatic rings. The second-order valence-electron chi connectivity index (χ2n) is 5.55. The molecule has 0 N–H and O–H groups in total. The van der Waals surface area contributed by atoms with Crippen LogP contribution in [0, 0.1) is 17.8 Å². The van der Waals surface area contributed by atoms with Crippen LogP contribution in [0.3, 0.4) is 0 Å². The Morgan fingerprint density at radius 1 is 1.21 bits per heavy atom. The van der Waals surface area contributed by atoms with Crippen molar-refractivity contribution in [3.63, 3.8) is 0 Å². The fourth-order valence-electron chi connectivity index (χ4n) is 1.77. The fraction of sp³-hybridized carbons (Fsp3) is 0.750. The maximum absolute atomic E-state index is 13.7. The highest BCUT2D eigenvalue weighted by molar-refractivity contribution is 4.87. The van der Waals surface area contributed by atoms with Gasteiger partial charge in [0.15, 0.2) is 0 Å². The predicted molar refractivity (Wildman–Crippen MR) is 77.5 cm³/mol.